The zero-order valence-electron chi connectivity index (χ0n) is 9.01. The van der Waals surface area contributed by atoms with Gasteiger partial charge in [0.1, 0.15) is 9.84 Å². The molecule has 0 saturated heterocycles. The fraction of sp³-hybridized carbons (Fsp3) is 0.500. The zero-order valence-corrected chi connectivity index (χ0v) is 13.0. The van der Waals surface area contributed by atoms with Crippen molar-refractivity contribution in [3.05, 3.63) is 20.8 Å². The van der Waals surface area contributed by atoms with E-state index in [0.717, 1.165) is 15.6 Å². The molecule has 0 spiro atoms. The molecule has 0 aliphatic rings. The Labute approximate surface area is 113 Å². The second-order valence-electron chi connectivity index (χ2n) is 3.46. The lowest BCUT2D eigenvalue weighted by atomic mass is 10.5. The zero-order chi connectivity index (χ0) is 13.1. The molecule has 1 rings (SSSR count). The molecule has 0 unspecified atom stereocenters. The molecule has 0 fully saturated rings. The van der Waals surface area contributed by atoms with Gasteiger partial charge in [0.05, 0.1) is 11.5 Å². The minimum atomic E-state index is -3.55. The van der Waals surface area contributed by atoms with Gasteiger partial charge in [0.2, 0.25) is 10.0 Å². The van der Waals surface area contributed by atoms with Crippen molar-refractivity contribution in [3.8, 4) is 0 Å². The third-order valence-corrected chi connectivity index (χ3v) is 6.32. The Hall–Kier alpha value is 0.0400. The van der Waals surface area contributed by atoms with E-state index in [-0.39, 0.29) is 12.3 Å². The summed E-state index contributed by atoms with van der Waals surface area (Å²) < 4.78 is 47.9. The van der Waals surface area contributed by atoms with Gasteiger partial charge in [-0.1, -0.05) is 0 Å². The highest BCUT2D eigenvalue weighted by atomic mass is 79.9. The molecule has 0 aliphatic heterocycles. The summed E-state index contributed by atoms with van der Waals surface area (Å²) in [7, 11) is -6.81. The van der Waals surface area contributed by atoms with Crippen LogP contribution in [0.5, 0.6) is 0 Å². The Morgan fingerprint density at radius 2 is 1.94 bits per heavy atom. The lowest BCUT2D eigenvalue weighted by Crippen LogP contribution is -2.29. The first kappa shape index (κ1) is 15.1. The van der Waals surface area contributed by atoms with Crippen LogP contribution in [0.1, 0.15) is 4.88 Å². The molecular formula is C8H12BrNO4S3. The number of hydrogen-bond acceptors (Lipinski definition) is 5. The van der Waals surface area contributed by atoms with E-state index in [1.807, 2.05) is 11.4 Å². The van der Waals surface area contributed by atoms with Gasteiger partial charge in [-0.15, -0.1) is 11.3 Å². The first-order valence-corrected chi connectivity index (χ1v) is 9.95. The van der Waals surface area contributed by atoms with E-state index < -0.39 is 25.6 Å². The molecule has 98 valence electrons. The Morgan fingerprint density at radius 3 is 2.41 bits per heavy atom. The number of sulfonamides is 1. The van der Waals surface area contributed by atoms with Crippen molar-refractivity contribution >= 4 is 47.1 Å². The predicted molar refractivity (Wildman–Crippen MR) is 72.4 cm³/mol. The quantitative estimate of drug-likeness (QED) is 0.818. The van der Waals surface area contributed by atoms with Crippen LogP contribution in [0.4, 0.5) is 0 Å². The van der Waals surface area contributed by atoms with E-state index in [2.05, 4.69) is 20.7 Å². The largest absolute Gasteiger partial charge is 0.229 e. The van der Waals surface area contributed by atoms with Gasteiger partial charge >= 0.3 is 0 Å². The molecule has 9 heteroatoms. The number of thiophene rings is 1. The van der Waals surface area contributed by atoms with Crippen LogP contribution < -0.4 is 4.72 Å². The number of nitrogens with one attached hydrogen (secondary N) is 1. The molecule has 0 radical (unpaired) electrons. The summed E-state index contributed by atoms with van der Waals surface area (Å²) in [5.74, 6) is -0.775. The summed E-state index contributed by atoms with van der Waals surface area (Å²) in [6.45, 7) is 0.171. The van der Waals surface area contributed by atoms with Crippen LogP contribution in [0, 0.1) is 0 Å². The van der Waals surface area contributed by atoms with E-state index in [9.17, 15) is 16.8 Å². The molecule has 0 bridgehead atoms. The smallest absolute Gasteiger partial charge is 0.212 e. The lowest BCUT2D eigenvalue weighted by Gasteiger charge is -2.05. The highest BCUT2D eigenvalue weighted by Crippen LogP contribution is 2.22. The van der Waals surface area contributed by atoms with E-state index in [4.69, 9.17) is 0 Å². The van der Waals surface area contributed by atoms with Crippen molar-refractivity contribution in [2.75, 3.05) is 17.8 Å². The molecule has 0 amide bonds. The molecule has 5 nitrogen and oxygen atoms in total. The van der Waals surface area contributed by atoms with Crippen molar-refractivity contribution in [1.29, 1.82) is 0 Å². The fourth-order valence-corrected chi connectivity index (χ4v) is 5.08. The minimum Gasteiger partial charge on any atom is -0.229 e. The summed E-state index contributed by atoms with van der Waals surface area (Å²) in [4.78, 5) is 0.855. The van der Waals surface area contributed by atoms with Gasteiger partial charge in [-0.05, 0) is 27.4 Å². The van der Waals surface area contributed by atoms with Crippen molar-refractivity contribution in [2.45, 2.75) is 6.54 Å². The van der Waals surface area contributed by atoms with Gasteiger partial charge in [-0.3, -0.25) is 0 Å². The third-order valence-electron chi connectivity index (χ3n) is 1.87. The van der Waals surface area contributed by atoms with Crippen molar-refractivity contribution < 1.29 is 16.8 Å². The molecule has 0 atom stereocenters. The van der Waals surface area contributed by atoms with Crippen LogP contribution in [0.25, 0.3) is 0 Å². The van der Waals surface area contributed by atoms with Crippen molar-refractivity contribution in [2.24, 2.45) is 0 Å². The summed E-state index contributed by atoms with van der Waals surface area (Å²) in [5, 5.41) is 1.84. The van der Waals surface area contributed by atoms with Crippen LogP contribution in [0.15, 0.2) is 15.9 Å². The van der Waals surface area contributed by atoms with Gasteiger partial charge in [0, 0.05) is 22.2 Å². The Morgan fingerprint density at radius 1 is 1.29 bits per heavy atom. The number of halogens is 1. The molecule has 1 aromatic heterocycles. The normalized spacial score (nSPS) is 12.8. The molecule has 0 aromatic carbocycles. The lowest BCUT2D eigenvalue weighted by molar-refractivity contribution is 0.579. The number of rotatable bonds is 6. The standard InChI is InChI=1S/C8H12BrNO4S3/c1-16(11,12)4-5-17(13,14)10-6-8-7(9)2-3-15-8/h2-3,10H,4-6H2,1H3. The second kappa shape index (κ2) is 5.79. The van der Waals surface area contributed by atoms with E-state index in [1.165, 1.54) is 11.3 Å². The Kier molecular flexibility index (Phi) is 5.14. The topological polar surface area (TPSA) is 80.3 Å². The molecular weight excluding hydrogens is 350 g/mol. The van der Waals surface area contributed by atoms with Crippen LogP contribution in [-0.2, 0) is 26.4 Å². The van der Waals surface area contributed by atoms with Gasteiger partial charge in [0.25, 0.3) is 0 Å². The molecule has 1 N–H and O–H groups in total. The summed E-state index contributed by atoms with van der Waals surface area (Å²) >= 11 is 4.71. The van der Waals surface area contributed by atoms with Gasteiger partial charge < -0.3 is 0 Å². The van der Waals surface area contributed by atoms with Crippen LogP contribution >= 0.6 is 27.3 Å². The van der Waals surface area contributed by atoms with E-state index >= 15 is 0 Å². The average Bonchev–Trinajstić information content (AvgIpc) is 2.58. The van der Waals surface area contributed by atoms with E-state index in [0.29, 0.717) is 0 Å². The molecule has 0 aliphatic carbocycles. The first-order valence-electron chi connectivity index (χ1n) is 4.56. The van der Waals surface area contributed by atoms with E-state index in [1.54, 1.807) is 0 Å². The maximum Gasteiger partial charge on any atom is 0.212 e. The fourth-order valence-electron chi connectivity index (χ4n) is 0.960. The van der Waals surface area contributed by atoms with Crippen LogP contribution in [0.2, 0.25) is 0 Å². The number of sulfone groups is 1. The maximum absolute atomic E-state index is 11.5. The SMILES string of the molecule is CS(=O)(=O)CCS(=O)(=O)NCc1sccc1Br. The van der Waals surface area contributed by atoms with Crippen molar-refractivity contribution in [1.82, 2.24) is 4.72 Å². The second-order valence-corrected chi connectivity index (χ2v) is 9.50. The van der Waals surface area contributed by atoms with Crippen LogP contribution in [-0.4, -0.2) is 34.6 Å². The summed E-state index contributed by atoms with van der Waals surface area (Å²) in [6, 6.07) is 1.82. The van der Waals surface area contributed by atoms with Gasteiger partial charge in [-0.25, -0.2) is 21.6 Å². The number of hydrogen-bond donors (Lipinski definition) is 1. The summed E-state index contributed by atoms with van der Waals surface area (Å²) in [6.07, 6.45) is 1.01. The Balaban J connectivity index is 2.54. The predicted octanol–water partition coefficient (Wildman–Crippen LogP) is 0.975. The monoisotopic (exact) mass is 361 g/mol. The van der Waals surface area contributed by atoms with Crippen molar-refractivity contribution in [3.63, 3.8) is 0 Å². The highest BCUT2D eigenvalue weighted by molar-refractivity contribution is 9.10. The summed E-state index contributed by atoms with van der Waals surface area (Å²) in [5.41, 5.74) is 0. The molecule has 17 heavy (non-hydrogen) atoms. The maximum atomic E-state index is 11.5. The van der Waals surface area contributed by atoms with Gasteiger partial charge in [-0.2, -0.15) is 0 Å². The first-order chi connectivity index (χ1) is 7.70. The minimum absolute atomic E-state index is 0.171. The Bertz CT molecular complexity index is 576. The molecule has 1 aromatic rings. The molecule has 0 saturated carbocycles. The third kappa shape index (κ3) is 5.96. The highest BCUT2D eigenvalue weighted by Gasteiger charge is 2.14. The average molecular weight is 362 g/mol. The van der Waals surface area contributed by atoms with Crippen LogP contribution in [0.3, 0.4) is 0 Å². The molecule has 1 heterocycles. The van der Waals surface area contributed by atoms with Gasteiger partial charge in [0.15, 0.2) is 0 Å².